The SMILES string of the molecule is COc1cc(/C=N\Nc2nc(Nc3ccccc3)nc(N3CCCC3)n2)ccc1OCc1ccc(F)cc1. The van der Waals surface area contributed by atoms with E-state index in [1.807, 2.05) is 42.5 Å². The van der Waals surface area contributed by atoms with E-state index in [0.29, 0.717) is 36.0 Å². The quantitative estimate of drug-likeness (QED) is 0.215. The largest absolute Gasteiger partial charge is 0.493 e. The topological polar surface area (TPSA) is 96.8 Å². The summed E-state index contributed by atoms with van der Waals surface area (Å²) in [6, 6.07) is 21.4. The van der Waals surface area contributed by atoms with Gasteiger partial charge < -0.3 is 19.7 Å². The zero-order valence-corrected chi connectivity index (χ0v) is 21.0. The number of ether oxygens (including phenoxy) is 2. The second-order valence-electron chi connectivity index (χ2n) is 8.66. The van der Waals surface area contributed by atoms with E-state index < -0.39 is 0 Å². The second kappa shape index (κ2) is 12.0. The Labute approximate surface area is 220 Å². The average molecular weight is 514 g/mol. The van der Waals surface area contributed by atoms with Crippen LogP contribution in [0.4, 0.5) is 27.9 Å². The number of aromatic nitrogens is 3. The Balaban J connectivity index is 1.28. The standard InChI is InChI=1S/C28H28FN7O2/c1-37-25-17-21(11-14-24(25)38-19-20-9-12-22(29)13-10-20)18-30-35-27-32-26(31-23-7-3-2-4-8-23)33-28(34-27)36-15-5-6-16-36/h2-4,7-14,17-18H,5-6,15-16,19H2,1H3,(H2,31,32,33,34,35)/b30-18-. The number of halogens is 1. The Morgan fingerprint density at radius 3 is 2.45 bits per heavy atom. The summed E-state index contributed by atoms with van der Waals surface area (Å²) in [5, 5.41) is 7.56. The normalized spacial score (nSPS) is 13.1. The minimum absolute atomic E-state index is 0.281. The van der Waals surface area contributed by atoms with Gasteiger partial charge in [0.25, 0.3) is 0 Å². The third-order valence-electron chi connectivity index (χ3n) is 5.92. The molecule has 1 fully saturated rings. The Morgan fingerprint density at radius 2 is 1.68 bits per heavy atom. The van der Waals surface area contributed by atoms with Gasteiger partial charge >= 0.3 is 0 Å². The van der Waals surface area contributed by atoms with Gasteiger partial charge in [0.05, 0.1) is 13.3 Å². The predicted molar refractivity (Wildman–Crippen MR) is 146 cm³/mol. The van der Waals surface area contributed by atoms with Crippen molar-refractivity contribution in [2.24, 2.45) is 5.10 Å². The number of methoxy groups -OCH3 is 1. The number of nitrogens with one attached hydrogen (secondary N) is 2. The Hall–Kier alpha value is -4.73. The molecule has 0 aliphatic carbocycles. The lowest BCUT2D eigenvalue weighted by Gasteiger charge is -2.16. The van der Waals surface area contributed by atoms with Crippen LogP contribution in [0.15, 0.2) is 77.9 Å². The van der Waals surface area contributed by atoms with Crippen LogP contribution in [0.5, 0.6) is 11.5 Å². The van der Waals surface area contributed by atoms with Gasteiger partial charge in [-0.25, -0.2) is 9.82 Å². The first kappa shape index (κ1) is 24.9. The van der Waals surface area contributed by atoms with E-state index in [2.05, 4.69) is 35.7 Å². The van der Waals surface area contributed by atoms with Crippen molar-refractivity contribution >= 4 is 29.7 Å². The van der Waals surface area contributed by atoms with Crippen molar-refractivity contribution in [3.05, 3.63) is 89.7 Å². The fourth-order valence-electron chi connectivity index (χ4n) is 3.97. The first-order chi connectivity index (χ1) is 18.7. The zero-order valence-electron chi connectivity index (χ0n) is 21.0. The number of hydrogen-bond donors (Lipinski definition) is 2. The molecular weight excluding hydrogens is 485 g/mol. The molecule has 1 aliphatic heterocycles. The van der Waals surface area contributed by atoms with Crippen LogP contribution in [-0.2, 0) is 6.61 Å². The Kier molecular flexibility index (Phi) is 7.88. The van der Waals surface area contributed by atoms with Gasteiger partial charge in [0.1, 0.15) is 12.4 Å². The van der Waals surface area contributed by atoms with Gasteiger partial charge in [0, 0.05) is 18.8 Å². The third kappa shape index (κ3) is 6.52. The number of benzene rings is 3. The van der Waals surface area contributed by atoms with Gasteiger partial charge in [0.2, 0.25) is 17.8 Å². The monoisotopic (exact) mass is 513 g/mol. The molecule has 0 radical (unpaired) electrons. The van der Waals surface area contributed by atoms with Crippen molar-refractivity contribution in [2.75, 3.05) is 35.8 Å². The van der Waals surface area contributed by atoms with Crippen molar-refractivity contribution in [1.82, 2.24) is 15.0 Å². The van der Waals surface area contributed by atoms with E-state index in [-0.39, 0.29) is 5.82 Å². The van der Waals surface area contributed by atoms with Crippen LogP contribution in [0.2, 0.25) is 0 Å². The van der Waals surface area contributed by atoms with Gasteiger partial charge in [-0.1, -0.05) is 30.3 Å². The molecule has 0 saturated carbocycles. The van der Waals surface area contributed by atoms with Gasteiger partial charge in [-0.05, 0) is 66.4 Å². The van der Waals surface area contributed by atoms with Gasteiger partial charge in [0.15, 0.2) is 11.5 Å². The van der Waals surface area contributed by atoms with Crippen LogP contribution >= 0.6 is 0 Å². The highest BCUT2D eigenvalue weighted by atomic mass is 19.1. The first-order valence-electron chi connectivity index (χ1n) is 12.3. The molecule has 2 N–H and O–H groups in total. The van der Waals surface area contributed by atoms with E-state index in [9.17, 15) is 4.39 Å². The molecule has 1 aromatic heterocycles. The summed E-state index contributed by atoms with van der Waals surface area (Å²) in [5.74, 6) is 2.24. The van der Waals surface area contributed by atoms with Crippen LogP contribution in [0.1, 0.15) is 24.0 Å². The molecule has 0 bridgehead atoms. The van der Waals surface area contributed by atoms with Crippen molar-refractivity contribution < 1.29 is 13.9 Å². The fourth-order valence-corrected chi connectivity index (χ4v) is 3.97. The van der Waals surface area contributed by atoms with E-state index in [1.165, 1.54) is 12.1 Å². The van der Waals surface area contributed by atoms with E-state index in [4.69, 9.17) is 9.47 Å². The molecule has 1 saturated heterocycles. The molecule has 5 rings (SSSR count). The maximum atomic E-state index is 13.1. The molecule has 4 aromatic rings. The number of nitrogens with zero attached hydrogens (tertiary/aromatic N) is 5. The van der Waals surface area contributed by atoms with Crippen LogP contribution in [-0.4, -0.2) is 41.4 Å². The van der Waals surface area contributed by atoms with Crippen molar-refractivity contribution in [2.45, 2.75) is 19.4 Å². The van der Waals surface area contributed by atoms with Crippen LogP contribution in [0, 0.1) is 5.82 Å². The third-order valence-corrected chi connectivity index (χ3v) is 5.92. The lowest BCUT2D eigenvalue weighted by molar-refractivity contribution is 0.284. The van der Waals surface area contributed by atoms with Gasteiger partial charge in [-0.15, -0.1) is 0 Å². The van der Waals surface area contributed by atoms with Crippen molar-refractivity contribution in [3.8, 4) is 11.5 Å². The number of para-hydroxylation sites is 1. The molecule has 0 unspecified atom stereocenters. The second-order valence-corrected chi connectivity index (χ2v) is 8.66. The summed E-state index contributed by atoms with van der Waals surface area (Å²) in [4.78, 5) is 15.8. The molecule has 0 amide bonds. The summed E-state index contributed by atoms with van der Waals surface area (Å²) in [6.07, 6.45) is 3.87. The maximum Gasteiger partial charge on any atom is 0.250 e. The lowest BCUT2D eigenvalue weighted by Crippen LogP contribution is -2.21. The first-order valence-corrected chi connectivity index (χ1v) is 12.3. The molecule has 9 nitrogen and oxygen atoms in total. The van der Waals surface area contributed by atoms with Gasteiger partial charge in [-0.3, -0.25) is 0 Å². The molecule has 10 heteroatoms. The minimum Gasteiger partial charge on any atom is -0.493 e. The van der Waals surface area contributed by atoms with E-state index >= 15 is 0 Å². The average Bonchev–Trinajstić information content (AvgIpc) is 3.49. The predicted octanol–water partition coefficient (Wildman–Crippen LogP) is 5.39. The number of rotatable bonds is 10. The molecule has 38 heavy (non-hydrogen) atoms. The molecule has 2 heterocycles. The smallest absolute Gasteiger partial charge is 0.250 e. The fraction of sp³-hybridized carbons (Fsp3) is 0.214. The Bertz CT molecular complexity index is 1380. The summed E-state index contributed by atoms with van der Waals surface area (Å²) < 4.78 is 24.5. The van der Waals surface area contributed by atoms with Crippen LogP contribution in [0.3, 0.4) is 0 Å². The molecule has 0 spiro atoms. The number of hydrogen-bond acceptors (Lipinski definition) is 9. The maximum absolute atomic E-state index is 13.1. The molecule has 3 aromatic carbocycles. The Morgan fingerprint density at radius 1 is 0.921 bits per heavy atom. The summed E-state index contributed by atoms with van der Waals surface area (Å²) in [7, 11) is 1.57. The summed E-state index contributed by atoms with van der Waals surface area (Å²) in [5.41, 5.74) is 5.46. The number of anilines is 4. The minimum atomic E-state index is -0.281. The highest BCUT2D eigenvalue weighted by Gasteiger charge is 2.17. The van der Waals surface area contributed by atoms with Gasteiger partial charge in [-0.2, -0.15) is 20.1 Å². The highest BCUT2D eigenvalue weighted by Crippen LogP contribution is 2.28. The van der Waals surface area contributed by atoms with Crippen LogP contribution < -0.4 is 25.1 Å². The molecule has 0 atom stereocenters. The lowest BCUT2D eigenvalue weighted by atomic mass is 10.2. The summed E-state index contributed by atoms with van der Waals surface area (Å²) >= 11 is 0. The molecular formula is C28H28FN7O2. The molecule has 1 aliphatic rings. The summed E-state index contributed by atoms with van der Waals surface area (Å²) in [6.45, 7) is 2.11. The highest BCUT2D eigenvalue weighted by molar-refractivity contribution is 5.81. The van der Waals surface area contributed by atoms with E-state index in [1.54, 1.807) is 31.5 Å². The van der Waals surface area contributed by atoms with E-state index in [0.717, 1.165) is 42.7 Å². The van der Waals surface area contributed by atoms with Crippen molar-refractivity contribution in [1.29, 1.82) is 0 Å². The number of hydrazone groups is 1. The van der Waals surface area contributed by atoms with Crippen molar-refractivity contribution in [3.63, 3.8) is 0 Å². The van der Waals surface area contributed by atoms with Crippen LogP contribution in [0.25, 0.3) is 0 Å². The molecule has 194 valence electrons. The zero-order chi connectivity index (χ0) is 26.2.